The van der Waals surface area contributed by atoms with Crippen molar-refractivity contribution in [1.29, 1.82) is 0 Å². The maximum atomic E-state index is 5.99. The quantitative estimate of drug-likeness (QED) is 0.697. The summed E-state index contributed by atoms with van der Waals surface area (Å²) in [6.45, 7) is 2.20. The maximum absolute atomic E-state index is 5.99. The molecule has 14 heavy (non-hydrogen) atoms. The molecule has 4 nitrogen and oxygen atoms in total. The molecule has 0 aromatic carbocycles. The molecule has 0 saturated carbocycles. The molecular formula is C10H20N4. The largest absolute Gasteiger partial charge is 0.327 e. The number of nitrogens with two attached hydrogens (primary N) is 1. The summed E-state index contributed by atoms with van der Waals surface area (Å²) in [5, 5.41) is 4.02. The van der Waals surface area contributed by atoms with Crippen molar-refractivity contribution in [2.24, 2.45) is 12.8 Å². The number of hydrogen-bond acceptors (Lipinski definition) is 3. The second-order valence-electron chi connectivity index (χ2n) is 3.76. The first-order chi connectivity index (χ1) is 6.74. The van der Waals surface area contributed by atoms with E-state index in [0.717, 1.165) is 18.7 Å². The molecule has 0 bridgehead atoms. The smallest absolute Gasteiger partial charge is 0.138 e. The number of rotatable bonds is 6. The Kier molecular flexibility index (Phi) is 4.59. The zero-order valence-electron chi connectivity index (χ0n) is 9.11. The van der Waals surface area contributed by atoms with Gasteiger partial charge in [-0.3, -0.25) is 4.68 Å². The molecule has 0 fully saturated rings. The molecule has 80 valence electrons. The van der Waals surface area contributed by atoms with E-state index in [1.54, 1.807) is 11.0 Å². The summed E-state index contributed by atoms with van der Waals surface area (Å²) in [5.41, 5.74) is 5.99. The number of nitrogens with zero attached hydrogens (tertiary/aromatic N) is 3. The highest BCUT2D eigenvalue weighted by Crippen LogP contribution is 2.05. The maximum Gasteiger partial charge on any atom is 0.138 e. The highest BCUT2D eigenvalue weighted by molar-refractivity contribution is 4.87. The van der Waals surface area contributed by atoms with Gasteiger partial charge in [0, 0.05) is 19.5 Å². The number of aromatic nitrogens is 3. The Balaban J connectivity index is 2.27. The molecule has 0 radical (unpaired) electrons. The van der Waals surface area contributed by atoms with E-state index in [1.807, 2.05) is 7.05 Å². The molecule has 1 atom stereocenters. The van der Waals surface area contributed by atoms with Gasteiger partial charge in [-0.15, -0.1) is 0 Å². The molecule has 4 heteroatoms. The second kappa shape index (κ2) is 5.75. The van der Waals surface area contributed by atoms with Crippen molar-refractivity contribution in [3.05, 3.63) is 12.2 Å². The van der Waals surface area contributed by atoms with Crippen LogP contribution in [0.25, 0.3) is 0 Å². The minimum atomic E-state index is 0.226. The van der Waals surface area contributed by atoms with E-state index in [9.17, 15) is 0 Å². The number of hydrogen-bond donors (Lipinski definition) is 1. The van der Waals surface area contributed by atoms with Crippen molar-refractivity contribution in [3.63, 3.8) is 0 Å². The van der Waals surface area contributed by atoms with Crippen molar-refractivity contribution < 1.29 is 0 Å². The van der Waals surface area contributed by atoms with E-state index in [4.69, 9.17) is 5.73 Å². The first-order valence-corrected chi connectivity index (χ1v) is 5.32. The van der Waals surface area contributed by atoms with Gasteiger partial charge in [0.1, 0.15) is 12.2 Å². The highest BCUT2D eigenvalue weighted by atomic mass is 15.3. The van der Waals surface area contributed by atoms with Crippen LogP contribution >= 0.6 is 0 Å². The van der Waals surface area contributed by atoms with E-state index in [0.29, 0.717) is 0 Å². The van der Waals surface area contributed by atoms with E-state index < -0.39 is 0 Å². The zero-order chi connectivity index (χ0) is 10.4. The van der Waals surface area contributed by atoms with Crippen LogP contribution in [0, 0.1) is 0 Å². The van der Waals surface area contributed by atoms with Crippen molar-refractivity contribution in [1.82, 2.24) is 14.8 Å². The molecule has 2 N–H and O–H groups in total. The van der Waals surface area contributed by atoms with E-state index >= 15 is 0 Å². The summed E-state index contributed by atoms with van der Waals surface area (Å²) in [5.74, 6) is 0.981. The fourth-order valence-electron chi connectivity index (χ4n) is 1.50. The van der Waals surface area contributed by atoms with Gasteiger partial charge in [0.15, 0.2) is 0 Å². The lowest BCUT2D eigenvalue weighted by Gasteiger charge is -2.09. The molecule has 1 rings (SSSR count). The Hall–Kier alpha value is -0.900. The van der Waals surface area contributed by atoms with Crippen LogP contribution in [0.5, 0.6) is 0 Å². The standard InChI is InChI=1S/C10H20N4/c1-3-4-5-6-9(11)7-10-12-8-13-14(10)2/h8-9H,3-7,11H2,1-2H3. The normalized spacial score (nSPS) is 13.1. The van der Waals surface area contributed by atoms with Gasteiger partial charge in [-0.1, -0.05) is 26.2 Å². The van der Waals surface area contributed by atoms with Crippen LogP contribution in [0.1, 0.15) is 38.4 Å². The minimum absolute atomic E-state index is 0.226. The molecule has 0 aliphatic heterocycles. The van der Waals surface area contributed by atoms with Crippen molar-refractivity contribution in [2.75, 3.05) is 0 Å². The third-order valence-corrected chi connectivity index (χ3v) is 2.43. The predicted molar refractivity (Wildman–Crippen MR) is 56.8 cm³/mol. The fourth-order valence-corrected chi connectivity index (χ4v) is 1.50. The first-order valence-electron chi connectivity index (χ1n) is 5.32. The van der Waals surface area contributed by atoms with Crippen LogP contribution in [0.2, 0.25) is 0 Å². The van der Waals surface area contributed by atoms with Crippen LogP contribution in [0.3, 0.4) is 0 Å². The van der Waals surface area contributed by atoms with Gasteiger partial charge >= 0.3 is 0 Å². The zero-order valence-corrected chi connectivity index (χ0v) is 9.11. The SMILES string of the molecule is CCCCCC(N)Cc1ncnn1C. The van der Waals surface area contributed by atoms with Crippen molar-refractivity contribution in [2.45, 2.75) is 45.1 Å². The predicted octanol–water partition coefficient (Wildman–Crippen LogP) is 1.27. The van der Waals surface area contributed by atoms with Crippen molar-refractivity contribution in [3.8, 4) is 0 Å². The Morgan fingerprint density at radius 3 is 2.86 bits per heavy atom. The summed E-state index contributed by atoms with van der Waals surface area (Å²) in [6, 6.07) is 0.226. The van der Waals surface area contributed by atoms with Gasteiger partial charge in [0.2, 0.25) is 0 Å². The van der Waals surface area contributed by atoms with Gasteiger partial charge in [0.05, 0.1) is 0 Å². The van der Waals surface area contributed by atoms with Crippen LogP contribution in [-0.4, -0.2) is 20.8 Å². The van der Waals surface area contributed by atoms with E-state index in [-0.39, 0.29) is 6.04 Å². The Morgan fingerprint density at radius 1 is 1.50 bits per heavy atom. The topological polar surface area (TPSA) is 56.7 Å². The molecule has 1 aromatic heterocycles. The lowest BCUT2D eigenvalue weighted by Crippen LogP contribution is -2.24. The van der Waals surface area contributed by atoms with Crippen LogP contribution in [0.4, 0.5) is 0 Å². The average molecular weight is 196 g/mol. The Morgan fingerprint density at radius 2 is 2.29 bits per heavy atom. The summed E-state index contributed by atoms with van der Waals surface area (Å²) < 4.78 is 1.79. The molecule has 0 aliphatic carbocycles. The van der Waals surface area contributed by atoms with Gasteiger partial charge < -0.3 is 5.73 Å². The lowest BCUT2D eigenvalue weighted by molar-refractivity contribution is 0.534. The van der Waals surface area contributed by atoms with Crippen molar-refractivity contribution >= 4 is 0 Å². The monoisotopic (exact) mass is 196 g/mol. The molecule has 0 saturated heterocycles. The first kappa shape index (κ1) is 11.2. The minimum Gasteiger partial charge on any atom is -0.327 e. The third kappa shape index (κ3) is 3.46. The number of unbranched alkanes of at least 4 members (excludes halogenated alkanes) is 2. The molecule has 1 aromatic rings. The fraction of sp³-hybridized carbons (Fsp3) is 0.800. The van der Waals surface area contributed by atoms with Gasteiger partial charge in [0.25, 0.3) is 0 Å². The van der Waals surface area contributed by atoms with E-state index in [1.165, 1.54) is 19.3 Å². The summed E-state index contributed by atoms with van der Waals surface area (Å²) >= 11 is 0. The average Bonchev–Trinajstić information content (AvgIpc) is 2.52. The summed E-state index contributed by atoms with van der Waals surface area (Å²) in [6.07, 6.45) is 7.23. The Labute approximate surface area is 85.5 Å². The molecule has 1 heterocycles. The summed E-state index contributed by atoms with van der Waals surface area (Å²) in [7, 11) is 1.90. The summed E-state index contributed by atoms with van der Waals surface area (Å²) in [4.78, 5) is 4.16. The van der Waals surface area contributed by atoms with Gasteiger partial charge in [-0.25, -0.2) is 4.98 Å². The lowest BCUT2D eigenvalue weighted by atomic mass is 10.1. The second-order valence-corrected chi connectivity index (χ2v) is 3.76. The number of aryl methyl sites for hydroxylation is 1. The van der Waals surface area contributed by atoms with Gasteiger partial charge in [-0.05, 0) is 6.42 Å². The molecular weight excluding hydrogens is 176 g/mol. The van der Waals surface area contributed by atoms with Crippen LogP contribution < -0.4 is 5.73 Å². The molecule has 0 spiro atoms. The third-order valence-electron chi connectivity index (χ3n) is 2.43. The Bertz CT molecular complexity index is 256. The highest BCUT2D eigenvalue weighted by Gasteiger charge is 2.07. The molecule has 1 unspecified atom stereocenters. The van der Waals surface area contributed by atoms with E-state index in [2.05, 4.69) is 17.0 Å². The van der Waals surface area contributed by atoms with Crippen LogP contribution in [0.15, 0.2) is 6.33 Å². The van der Waals surface area contributed by atoms with Gasteiger partial charge in [-0.2, -0.15) is 5.10 Å². The molecule has 0 amide bonds. The molecule has 0 aliphatic rings. The van der Waals surface area contributed by atoms with Crippen LogP contribution in [-0.2, 0) is 13.5 Å².